The van der Waals surface area contributed by atoms with Crippen molar-refractivity contribution >= 4 is 17.7 Å². The maximum atomic E-state index is 4.61. The smallest absolute Gasteiger partial charge is 0.195 e. The number of hydrogen-bond acceptors (Lipinski definition) is 2. The van der Waals surface area contributed by atoms with Crippen molar-refractivity contribution in [3.63, 3.8) is 0 Å². The van der Waals surface area contributed by atoms with Crippen molar-refractivity contribution in [1.29, 1.82) is 0 Å². The Balaban J connectivity index is 4.46. The normalized spacial score (nSPS) is 11.1. The van der Waals surface area contributed by atoms with Crippen LogP contribution in [-0.2, 0) is 0 Å². The van der Waals surface area contributed by atoms with Crippen molar-refractivity contribution in [3.8, 4) is 0 Å². The fourth-order valence-corrected chi connectivity index (χ4v) is 1.20. The fourth-order valence-electron chi connectivity index (χ4n) is 1.01. The van der Waals surface area contributed by atoms with Crippen molar-refractivity contribution in [1.82, 2.24) is 9.80 Å². The summed E-state index contributed by atoms with van der Waals surface area (Å²) in [6.45, 7) is 5.27. The van der Waals surface area contributed by atoms with Crippen molar-refractivity contribution in [3.05, 3.63) is 0 Å². The van der Waals surface area contributed by atoms with Crippen molar-refractivity contribution in [2.24, 2.45) is 4.99 Å². The molecule has 0 N–H and O–H groups in total. The molecule has 0 heterocycles. The Morgan fingerprint density at radius 2 is 1.57 bits per heavy atom. The van der Waals surface area contributed by atoms with Gasteiger partial charge in [-0.1, -0.05) is 0 Å². The standard InChI is InChI=1S/C10H23N3S/c1-10(2,14-7)8-11-9(12(3)4)13(5)6/h8H2,1-7H3. The SMILES string of the molecule is CSC(C)(C)CN=C(N(C)C)N(C)C. The molecule has 0 aliphatic heterocycles. The van der Waals surface area contributed by atoms with E-state index in [0.717, 1.165) is 12.5 Å². The Morgan fingerprint density at radius 3 is 1.86 bits per heavy atom. The lowest BCUT2D eigenvalue weighted by atomic mass is 10.2. The van der Waals surface area contributed by atoms with E-state index in [0.29, 0.717) is 0 Å². The molecule has 3 nitrogen and oxygen atoms in total. The predicted octanol–water partition coefficient (Wildman–Crippen LogP) is 1.61. The first-order valence-electron chi connectivity index (χ1n) is 4.74. The molecule has 0 aliphatic rings. The summed E-state index contributed by atoms with van der Waals surface area (Å²) in [5, 5.41) is 0. The maximum Gasteiger partial charge on any atom is 0.195 e. The molecule has 0 unspecified atom stereocenters. The molecule has 0 atom stereocenters. The summed E-state index contributed by atoms with van der Waals surface area (Å²) in [6.07, 6.45) is 2.13. The summed E-state index contributed by atoms with van der Waals surface area (Å²) in [5.41, 5.74) is 0. The van der Waals surface area contributed by atoms with Crippen LogP contribution in [0.1, 0.15) is 13.8 Å². The van der Waals surface area contributed by atoms with Gasteiger partial charge in [0.25, 0.3) is 0 Å². The highest BCUT2D eigenvalue weighted by Gasteiger charge is 2.16. The highest BCUT2D eigenvalue weighted by Crippen LogP contribution is 2.21. The van der Waals surface area contributed by atoms with E-state index >= 15 is 0 Å². The fraction of sp³-hybridized carbons (Fsp3) is 0.900. The Bertz CT molecular complexity index is 188. The van der Waals surface area contributed by atoms with E-state index in [1.54, 1.807) is 0 Å². The van der Waals surface area contributed by atoms with Gasteiger partial charge in [-0.15, -0.1) is 0 Å². The summed E-state index contributed by atoms with van der Waals surface area (Å²) in [5.74, 6) is 1.02. The quantitative estimate of drug-likeness (QED) is 0.529. The highest BCUT2D eigenvalue weighted by atomic mass is 32.2. The van der Waals surface area contributed by atoms with Crippen LogP contribution in [0.3, 0.4) is 0 Å². The Labute approximate surface area is 92.6 Å². The second-order valence-corrected chi connectivity index (χ2v) is 5.88. The van der Waals surface area contributed by atoms with Gasteiger partial charge in [0.1, 0.15) is 0 Å². The lowest BCUT2D eigenvalue weighted by molar-refractivity contribution is 0.477. The highest BCUT2D eigenvalue weighted by molar-refractivity contribution is 7.99. The third kappa shape index (κ3) is 4.74. The number of nitrogens with zero attached hydrogens (tertiary/aromatic N) is 3. The predicted molar refractivity (Wildman–Crippen MR) is 67.3 cm³/mol. The van der Waals surface area contributed by atoms with E-state index in [1.165, 1.54) is 0 Å². The number of rotatable bonds is 3. The van der Waals surface area contributed by atoms with E-state index in [2.05, 4.69) is 25.1 Å². The molecule has 14 heavy (non-hydrogen) atoms. The molecule has 0 spiro atoms. The molecule has 0 aromatic heterocycles. The van der Waals surface area contributed by atoms with E-state index in [9.17, 15) is 0 Å². The average Bonchev–Trinajstić information content (AvgIpc) is 2.03. The molecule has 0 bridgehead atoms. The number of thioether (sulfide) groups is 1. The zero-order valence-corrected chi connectivity index (χ0v) is 11.3. The van der Waals surface area contributed by atoms with Crippen molar-refractivity contribution in [2.45, 2.75) is 18.6 Å². The molecule has 0 radical (unpaired) electrons. The van der Waals surface area contributed by atoms with Gasteiger partial charge in [0.2, 0.25) is 0 Å². The molecule has 0 aromatic rings. The van der Waals surface area contributed by atoms with Gasteiger partial charge in [-0.2, -0.15) is 11.8 Å². The van der Waals surface area contributed by atoms with E-state index in [1.807, 2.05) is 49.8 Å². The van der Waals surface area contributed by atoms with Gasteiger partial charge >= 0.3 is 0 Å². The minimum absolute atomic E-state index is 0.220. The minimum atomic E-state index is 0.220. The van der Waals surface area contributed by atoms with Crippen LogP contribution < -0.4 is 0 Å². The zero-order valence-electron chi connectivity index (χ0n) is 10.5. The zero-order chi connectivity index (χ0) is 11.4. The second kappa shape index (κ2) is 5.49. The summed E-state index contributed by atoms with van der Waals surface area (Å²) in [4.78, 5) is 8.69. The van der Waals surface area contributed by atoms with Gasteiger partial charge in [-0.3, -0.25) is 4.99 Å². The number of guanidine groups is 1. The minimum Gasteiger partial charge on any atom is -0.349 e. The first-order valence-corrected chi connectivity index (χ1v) is 5.97. The van der Waals surface area contributed by atoms with E-state index in [-0.39, 0.29) is 4.75 Å². The van der Waals surface area contributed by atoms with Gasteiger partial charge in [0, 0.05) is 32.9 Å². The molecule has 0 amide bonds. The molecule has 0 aromatic carbocycles. The molecule has 4 heteroatoms. The molecule has 0 saturated carbocycles. The van der Waals surface area contributed by atoms with Gasteiger partial charge < -0.3 is 9.80 Å². The largest absolute Gasteiger partial charge is 0.349 e. The summed E-state index contributed by atoms with van der Waals surface area (Å²) < 4.78 is 0.220. The Hall–Kier alpha value is -0.380. The second-order valence-electron chi connectivity index (χ2n) is 4.37. The van der Waals surface area contributed by atoms with Crippen LogP contribution in [0.2, 0.25) is 0 Å². The monoisotopic (exact) mass is 217 g/mol. The summed E-state index contributed by atoms with van der Waals surface area (Å²) >= 11 is 1.85. The van der Waals surface area contributed by atoms with E-state index in [4.69, 9.17) is 0 Å². The first kappa shape index (κ1) is 13.6. The van der Waals surface area contributed by atoms with Crippen LogP contribution >= 0.6 is 11.8 Å². The first-order chi connectivity index (χ1) is 6.30. The van der Waals surface area contributed by atoms with Crippen LogP contribution in [0.15, 0.2) is 4.99 Å². The van der Waals surface area contributed by atoms with Crippen molar-refractivity contribution in [2.75, 3.05) is 41.0 Å². The Morgan fingerprint density at radius 1 is 1.14 bits per heavy atom. The van der Waals surface area contributed by atoms with Crippen LogP contribution in [0.4, 0.5) is 0 Å². The van der Waals surface area contributed by atoms with Crippen LogP contribution in [-0.4, -0.2) is 61.5 Å². The molecule has 0 saturated heterocycles. The average molecular weight is 217 g/mol. The maximum absolute atomic E-state index is 4.61. The molecule has 84 valence electrons. The van der Waals surface area contributed by atoms with Gasteiger partial charge in [0.15, 0.2) is 5.96 Å². The lowest BCUT2D eigenvalue weighted by Crippen LogP contribution is -2.36. The number of aliphatic imine (C=N–C) groups is 1. The summed E-state index contributed by atoms with van der Waals surface area (Å²) in [6, 6.07) is 0. The van der Waals surface area contributed by atoms with Crippen LogP contribution in [0.5, 0.6) is 0 Å². The van der Waals surface area contributed by atoms with Crippen LogP contribution in [0, 0.1) is 0 Å². The van der Waals surface area contributed by atoms with E-state index < -0.39 is 0 Å². The van der Waals surface area contributed by atoms with Gasteiger partial charge in [-0.25, -0.2) is 0 Å². The third-order valence-electron chi connectivity index (χ3n) is 1.95. The van der Waals surface area contributed by atoms with Crippen LogP contribution in [0.25, 0.3) is 0 Å². The molecular formula is C10H23N3S. The molecule has 0 aliphatic carbocycles. The number of hydrogen-bond donors (Lipinski definition) is 0. The van der Waals surface area contributed by atoms with Crippen molar-refractivity contribution < 1.29 is 0 Å². The van der Waals surface area contributed by atoms with Gasteiger partial charge in [-0.05, 0) is 20.1 Å². The molecular weight excluding hydrogens is 194 g/mol. The molecule has 0 fully saturated rings. The van der Waals surface area contributed by atoms with Gasteiger partial charge in [0.05, 0.1) is 6.54 Å². The summed E-state index contributed by atoms with van der Waals surface area (Å²) in [7, 11) is 8.08. The Kier molecular flexibility index (Phi) is 5.34. The third-order valence-corrected chi connectivity index (χ3v) is 3.19. The lowest BCUT2D eigenvalue weighted by Gasteiger charge is -2.25. The molecule has 0 rings (SSSR count). The topological polar surface area (TPSA) is 18.8 Å².